The van der Waals surface area contributed by atoms with Crippen molar-refractivity contribution in [2.24, 2.45) is 0 Å². The minimum Gasteiger partial charge on any atom is -0.449 e. The molecular formula is C39H45F3O8. The van der Waals surface area contributed by atoms with Gasteiger partial charge in [0.25, 0.3) is 0 Å². The second-order valence-electron chi connectivity index (χ2n) is 12.0. The average molecular weight is 699 g/mol. The van der Waals surface area contributed by atoms with Crippen molar-refractivity contribution < 1.29 is 51.3 Å². The highest BCUT2D eigenvalue weighted by Gasteiger charge is 2.42. The number of hydrogen-bond donors (Lipinski definition) is 0. The molecule has 0 aliphatic carbocycles. The van der Waals surface area contributed by atoms with E-state index in [-0.39, 0.29) is 47.0 Å². The maximum Gasteiger partial charge on any atom is 0.425 e. The normalized spacial score (nSPS) is 11.8. The third kappa shape index (κ3) is 14.1. The van der Waals surface area contributed by atoms with Gasteiger partial charge in [-0.1, -0.05) is 71.6 Å². The fourth-order valence-electron chi connectivity index (χ4n) is 4.96. The molecule has 8 nitrogen and oxygen atoms in total. The summed E-state index contributed by atoms with van der Waals surface area (Å²) in [5.41, 5.74) is 0.244. The maximum absolute atomic E-state index is 13.4. The van der Waals surface area contributed by atoms with E-state index in [9.17, 15) is 32.3 Å². The molecule has 0 N–H and O–H groups in total. The molecule has 0 saturated heterocycles. The number of rotatable bonds is 20. The largest absolute Gasteiger partial charge is 0.449 e. The Morgan fingerprint density at radius 3 is 1.34 bits per heavy atom. The van der Waals surface area contributed by atoms with Gasteiger partial charge >= 0.3 is 30.1 Å². The van der Waals surface area contributed by atoms with Crippen molar-refractivity contribution in [3.05, 3.63) is 89.5 Å². The Bertz CT molecular complexity index is 1500. The summed E-state index contributed by atoms with van der Waals surface area (Å²) >= 11 is 0. The molecular weight excluding hydrogens is 653 g/mol. The topological polar surface area (TPSA) is 105 Å². The first-order valence-electron chi connectivity index (χ1n) is 17.2. The number of carbonyl (C=O) groups excluding carboxylic acids is 4. The van der Waals surface area contributed by atoms with E-state index in [4.69, 9.17) is 18.9 Å². The van der Waals surface area contributed by atoms with E-state index >= 15 is 0 Å². The molecule has 0 radical (unpaired) electrons. The minimum atomic E-state index is -4.68. The van der Waals surface area contributed by atoms with Crippen LogP contribution in [0.4, 0.5) is 13.2 Å². The number of benzene rings is 3. The van der Waals surface area contributed by atoms with E-state index in [2.05, 4.69) is 6.92 Å². The van der Waals surface area contributed by atoms with Gasteiger partial charge in [0.05, 0.1) is 16.7 Å². The zero-order valence-corrected chi connectivity index (χ0v) is 28.6. The Morgan fingerprint density at radius 1 is 0.520 bits per heavy atom. The average Bonchev–Trinajstić information content (AvgIpc) is 3.09. The van der Waals surface area contributed by atoms with Crippen LogP contribution in [0.2, 0.25) is 0 Å². The molecule has 1 unspecified atom stereocenters. The van der Waals surface area contributed by atoms with Crippen LogP contribution in [0.1, 0.15) is 128 Å². The van der Waals surface area contributed by atoms with Crippen LogP contribution < -0.4 is 14.2 Å². The summed E-state index contributed by atoms with van der Waals surface area (Å²) in [4.78, 5) is 49.8. The molecule has 0 aliphatic rings. The lowest BCUT2D eigenvalue weighted by molar-refractivity contribution is -0.206. The number of ether oxygens (including phenoxy) is 4. The molecule has 3 rings (SSSR count). The third-order valence-electron chi connectivity index (χ3n) is 7.84. The first-order valence-corrected chi connectivity index (χ1v) is 17.2. The van der Waals surface area contributed by atoms with Crippen molar-refractivity contribution in [2.75, 3.05) is 0 Å². The molecule has 50 heavy (non-hydrogen) atoms. The smallest absolute Gasteiger partial charge is 0.425 e. The SMILES string of the molecule is CCCCCCCCCC(=O)Oc1ccc(C(=O)Oc2ccc(C(=O)Oc3ccc(C(=O)OC(CCCCCC)C(F)(F)F)cc3)cc2)cc1. The number of unbranched alkanes of at least 4 members (excludes halogenated alkanes) is 9. The molecule has 0 heterocycles. The van der Waals surface area contributed by atoms with E-state index in [1.54, 1.807) is 0 Å². The predicted molar refractivity (Wildman–Crippen MR) is 182 cm³/mol. The van der Waals surface area contributed by atoms with E-state index in [1.165, 1.54) is 98.5 Å². The number of alkyl halides is 3. The summed E-state index contributed by atoms with van der Waals surface area (Å²) in [6.07, 6.45) is 3.40. The maximum atomic E-state index is 13.4. The van der Waals surface area contributed by atoms with Crippen molar-refractivity contribution >= 4 is 23.9 Å². The van der Waals surface area contributed by atoms with Crippen LogP contribution in [0.15, 0.2) is 72.8 Å². The van der Waals surface area contributed by atoms with E-state index < -0.39 is 30.2 Å². The second-order valence-corrected chi connectivity index (χ2v) is 12.0. The van der Waals surface area contributed by atoms with Gasteiger partial charge < -0.3 is 18.9 Å². The van der Waals surface area contributed by atoms with Gasteiger partial charge in [-0.2, -0.15) is 13.2 Å². The highest BCUT2D eigenvalue weighted by atomic mass is 19.4. The van der Waals surface area contributed by atoms with E-state index in [0.717, 1.165) is 32.1 Å². The van der Waals surface area contributed by atoms with Crippen molar-refractivity contribution in [1.29, 1.82) is 0 Å². The van der Waals surface area contributed by atoms with Crippen molar-refractivity contribution in [1.82, 2.24) is 0 Å². The van der Waals surface area contributed by atoms with Gasteiger partial charge in [0.1, 0.15) is 17.2 Å². The number of esters is 4. The quantitative estimate of drug-likeness (QED) is 0.0652. The lowest BCUT2D eigenvalue weighted by Gasteiger charge is -2.20. The fraction of sp³-hybridized carbons (Fsp3) is 0.436. The molecule has 0 bridgehead atoms. The third-order valence-corrected chi connectivity index (χ3v) is 7.84. The predicted octanol–water partition coefficient (Wildman–Crippen LogP) is 10.2. The Morgan fingerprint density at radius 2 is 0.900 bits per heavy atom. The minimum absolute atomic E-state index is 0.0564. The molecule has 1 atom stereocenters. The van der Waals surface area contributed by atoms with Gasteiger partial charge in [-0.15, -0.1) is 0 Å². The van der Waals surface area contributed by atoms with Crippen molar-refractivity contribution in [3.63, 3.8) is 0 Å². The zero-order chi connectivity index (χ0) is 36.4. The van der Waals surface area contributed by atoms with Gasteiger partial charge in [0, 0.05) is 6.42 Å². The second kappa shape index (κ2) is 20.8. The first-order chi connectivity index (χ1) is 24.0. The molecule has 270 valence electrons. The van der Waals surface area contributed by atoms with Gasteiger partial charge in [0.15, 0.2) is 6.10 Å². The van der Waals surface area contributed by atoms with Crippen LogP contribution in [0.3, 0.4) is 0 Å². The van der Waals surface area contributed by atoms with Crippen LogP contribution in [-0.2, 0) is 9.53 Å². The molecule has 0 aromatic heterocycles. The van der Waals surface area contributed by atoms with Crippen LogP contribution in [0.25, 0.3) is 0 Å². The lowest BCUT2D eigenvalue weighted by atomic mass is 10.1. The molecule has 0 amide bonds. The monoisotopic (exact) mass is 698 g/mol. The summed E-state index contributed by atoms with van der Waals surface area (Å²) in [5, 5.41) is 0. The Kier molecular flexibility index (Phi) is 16.5. The molecule has 3 aromatic carbocycles. The van der Waals surface area contributed by atoms with Gasteiger partial charge in [-0.05, 0) is 92.1 Å². The first kappa shape index (κ1) is 39.8. The molecule has 0 spiro atoms. The van der Waals surface area contributed by atoms with Gasteiger partial charge in [-0.3, -0.25) is 4.79 Å². The molecule has 0 saturated carbocycles. The Labute approximate surface area is 291 Å². The highest BCUT2D eigenvalue weighted by molar-refractivity contribution is 5.93. The number of hydrogen-bond acceptors (Lipinski definition) is 8. The standard InChI is InChI=1S/C39H45F3O8/c1-3-5-7-9-10-11-13-15-35(43)47-31-22-16-28(17-23-31)36(44)48-32-24-18-29(19-25-32)37(45)49-33-26-20-30(21-27-33)38(46)50-34(39(40,41)42)14-12-8-6-4-2/h16-27,34H,3-15H2,1-2H3. The summed E-state index contributed by atoms with van der Waals surface area (Å²) in [7, 11) is 0. The lowest BCUT2D eigenvalue weighted by Crippen LogP contribution is -2.33. The molecule has 0 fully saturated rings. The van der Waals surface area contributed by atoms with E-state index in [1.807, 2.05) is 6.92 Å². The zero-order valence-electron chi connectivity index (χ0n) is 28.6. The molecule has 11 heteroatoms. The van der Waals surface area contributed by atoms with Gasteiger partial charge in [-0.25, -0.2) is 14.4 Å². The highest BCUT2D eigenvalue weighted by Crippen LogP contribution is 2.28. The number of halogens is 3. The van der Waals surface area contributed by atoms with Crippen LogP contribution in [0, 0.1) is 0 Å². The summed E-state index contributed by atoms with van der Waals surface area (Å²) in [6, 6.07) is 16.6. The molecule has 0 aliphatic heterocycles. The van der Waals surface area contributed by atoms with Crippen LogP contribution >= 0.6 is 0 Å². The van der Waals surface area contributed by atoms with Crippen molar-refractivity contribution in [3.8, 4) is 17.2 Å². The summed E-state index contributed by atoms with van der Waals surface area (Å²) in [5.74, 6) is -2.30. The van der Waals surface area contributed by atoms with Crippen LogP contribution in [-0.4, -0.2) is 36.2 Å². The number of carbonyl (C=O) groups is 4. The Balaban J connectivity index is 1.45. The summed E-state index contributed by atoms with van der Waals surface area (Å²) < 4.78 is 60.9. The van der Waals surface area contributed by atoms with E-state index in [0.29, 0.717) is 18.6 Å². The Hall–Kier alpha value is -4.67. The fourth-order valence-corrected chi connectivity index (χ4v) is 4.96. The van der Waals surface area contributed by atoms with Crippen molar-refractivity contribution in [2.45, 2.75) is 110 Å². The molecule has 3 aromatic rings. The van der Waals surface area contributed by atoms with Gasteiger partial charge in [0.2, 0.25) is 0 Å². The summed E-state index contributed by atoms with van der Waals surface area (Å²) in [6.45, 7) is 4.12. The van der Waals surface area contributed by atoms with Crippen LogP contribution in [0.5, 0.6) is 17.2 Å².